The lowest BCUT2D eigenvalue weighted by atomic mass is 9.99. The molecule has 0 spiro atoms. The highest BCUT2D eigenvalue weighted by Gasteiger charge is 2.32. The summed E-state index contributed by atoms with van der Waals surface area (Å²) in [4.78, 5) is 7.04. The molecule has 2 aliphatic heterocycles. The van der Waals surface area contributed by atoms with E-state index in [1.165, 1.54) is 11.1 Å². The highest BCUT2D eigenvalue weighted by atomic mass is 32.2. The van der Waals surface area contributed by atoms with E-state index >= 15 is 0 Å². The minimum atomic E-state index is 0.271. The fourth-order valence-corrected chi connectivity index (χ4v) is 4.88. The molecule has 2 aliphatic rings. The molecule has 1 aromatic carbocycles. The van der Waals surface area contributed by atoms with Gasteiger partial charge in [-0.1, -0.05) is 24.3 Å². The van der Waals surface area contributed by atoms with Crippen LogP contribution in [0.4, 0.5) is 0 Å². The lowest BCUT2D eigenvalue weighted by Crippen LogP contribution is -2.52. The quantitative estimate of drug-likeness (QED) is 0.564. The molecule has 0 amide bonds. The molecule has 2 fully saturated rings. The molecule has 5 nitrogen and oxygen atoms in total. The van der Waals surface area contributed by atoms with Crippen LogP contribution in [-0.2, 0) is 11.3 Å². The zero-order chi connectivity index (χ0) is 19.8. The Bertz CT molecular complexity index is 637. The molecule has 2 saturated heterocycles. The molecule has 156 valence electrons. The Balaban J connectivity index is 1.43. The maximum Gasteiger partial charge on any atom is 0.191 e. The van der Waals surface area contributed by atoms with Crippen LogP contribution in [0.5, 0.6) is 0 Å². The first-order valence-electron chi connectivity index (χ1n) is 10.5. The van der Waals surface area contributed by atoms with Gasteiger partial charge < -0.3 is 15.4 Å². The fraction of sp³-hybridized carbons (Fsp3) is 0.682. The number of nitrogens with one attached hydrogen (secondary N) is 2. The van der Waals surface area contributed by atoms with Gasteiger partial charge in [-0.2, -0.15) is 11.8 Å². The van der Waals surface area contributed by atoms with Crippen LogP contribution in [0.2, 0.25) is 0 Å². The number of guanidine groups is 1. The lowest BCUT2D eigenvalue weighted by Gasteiger charge is -2.37. The van der Waals surface area contributed by atoms with E-state index in [-0.39, 0.29) is 4.75 Å². The molecule has 0 atom stereocenters. The first-order valence-corrected chi connectivity index (χ1v) is 11.7. The molecule has 0 aromatic heterocycles. The van der Waals surface area contributed by atoms with Crippen molar-refractivity contribution in [2.24, 2.45) is 4.99 Å². The van der Waals surface area contributed by atoms with E-state index in [0.717, 1.165) is 71.0 Å². The van der Waals surface area contributed by atoms with E-state index in [1.54, 1.807) is 0 Å². The lowest BCUT2D eigenvalue weighted by molar-refractivity contribution is 0.0782. The van der Waals surface area contributed by atoms with Gasteiger partial charge >= 0.3 is 0 Å². The summed E-state index contributed by atoms with van der Waals surface area (Å²) in [6.45, 7) is 8.22. The summed E-state index contributed by atoms with van der Waals surface area (Å²) in [5.74, 6) is 0.942. The van der Waals surface area contributed by atoms with Gasteiger partial charge in [0.1, 0.15) is 0 Å². The summed E-state index contributed by atoms with van der Waals surface area (Å²) in [6.07, 6.45) is 6.75. The predicted molar refractivity (Wildman–Crippen MR) is 120 cm³/mol. The van der Waals surface area contributed by atoms with E-state index in [0.29, 0.717) is 6.04 Å². The van der Waals surface area contributed by atoms with Crippen molar-refractivity contribution in [2.75, 3.05) is 46.2 Å². The Hall–Kier alpha value is -1.24. The Morgan fingerprint density at radius 1 is 1.25 bits per heavy atom. The first kappa shape index (κ1) is 21.5. The number of aryl methyl sites for hydroxylation is 1. The van der Waals surface area contributed by atoms with Gasteiger partial charge in [-0.15, -0.1) is 0 Å². The third kappa shape index (κ3) is 5.88. The highest BCUT2D eigenvalue weighted by Crippen LogP contribution is 2.32. The van der Waals surface area contributed by atoms with E-state index in [2.05, 4.69) is 58.0 Å². The minimum Gasteiger partial charge on any atom is -0.381 e. The predicted octanol–water partition coefficient (Wildman–Crippen LogP) is 3.04. The van der Waals surface area contributed by atoms with E-state index in [4.69, 9.17) is 4.74 Å². The molecule has 3 rings (SSSR count). The Morgan fingerprint density at radius 3 is 2.61 bits per heavy atom. The largest absolute Gasteiger partial charge is 0.381 e. The highest BCUT2D eigenvalue weighted by molar-refractivity contribution is 8.00. The van der Waals surface area contributed by atoms with Crippen LogP contribution in [0, 0.1) is 6.92 Å². The maximum atomic E-state index is 5.55. The van der Waals surface area contributed by atoms with Gasteiger partial charge in [-0.05, 0) is 50.0 Å². The molecule has 2 N–H and O–H groups in total. The zero-order valence-corrected chi connectivity index (χ0v) is 18.5. The molecule has 1 aromatic rings. The van der Waals surface area contributed by atoms with Crippen molar-refractivity contribution in [3.8, 4) is 0 Å². The minimum absolute atomic E-state index is 0.271. The molecule has 2 heterocycles. The third-order valence-corrected chi connectivity index (χ3v) is 7.64. The first-order chi connectivity index (χ1) is 13.6. The van der Waals surface area contributed by atoms with Crippen LogP contribution in [0.3, 0.4) is 0 Å². The van der Waals surface area contributed by atoms with Gasteiger partial charge in [0.2, 0.25) is 0 Å². The number of likely N-dealkylation sites (tertiary alicyclic amines) is 1. The van der Waals surface area contributed by atoms with E-state index in [9.17, 15) is 0 Å². The van der Waals surface area contributed by atoms with Gasteiger partial charge in [0, 0.05) is 57.2 Å². The van der Waals surface area contributed by atoms with Crippen molar-refractivity contribution in [1.82, 2.24) is 15.5 Å². The molecule has 6 heteroatoms. The van der Waals surface area contributed by atoms with Crippen molar-refractivity contribution in [3.63, 3.8) is 0 Å². The van der Waals surface area contributed by atoms with Gasteiger partial charge in [-0.3, -0.25) is 9.89 Å². The summed E-state index contributed by atoms with van der Waals surface area (Å²) in [6, 6.07) is 9.23. The number of hydrogen-bond donors (Lipinski definition) is 2. The van der Waals surface area contributed by atoms with Crippen LogP contribution in [0.25, 0.3) is 0 Å². The average Bonchev–Trinajstić information content (AvgIpc) is 2.74. The molecule has 0 radical (unpaired) electrons. The van der Waals surface area contributed by atoms with Crippen LogP contribution < -0.4 is 10.6 Å². The van der Waals surface area contributed by atoms with Crippen molar-refractivity contribution >= 4 is 17.7 Å². The molecule has 0 bridgehead atoms. The molecular formula is C22H36N4OS. The second-order valence-electron chi connectivity index (χ2n) is 8.05. The number of benzene rings is 1. The monoisotopic (exact) mass is 404 g/mol. The number of rotatable bonds is 6. The smallest absolute Gasteiger partial charge is 0.191 e. The fourth-order valence-electron chi connectivity index (χ4n) is 4.09. The Morgan fingerprint density at radius 2 is 1.96 bits per heavy atom. The average molecular weight is 405 g/mol. The van der Waals surface area contributed by atoms with Crippen molar-refractivity contribution in [3.05, 3.63) is 35.4 Å². The van der Waals surface area contributed by atoms with Gasteiger partial charge in [-0.25, -0.2) is 0 Å². The summed E-state index contributed by atoms with van der Waals surface area (Å²) in [5, 5.41) is 7.24. The normalized spacial score (nSPS) is 21.5. The summed E-state index contributed by atoms with van der Waals surface area (Å²) in [7, 11) is 1.87. The van der Waals surface area contributed by atoms with Crippen molar-refractivity contribution in [2.45, 2.75) is 49.9 Å². The van der Waals surface area contributed by atoms with Crippen LogP contribution in [0.15, 0.2) is 29.3 Å². The van der Waals surface area contributed by atoms with Gasteiger partial charge in [0.15, 0.2) is 5.96 Å². The van der Waals surface area contributed by atoms with Crippen molar-refractivity contribution < 1.29 is 4.74 Å². The Kier molecular flexibility index (Phi) is 8.06. The topological polar surface area (TPSA) is 48.9 Å². The van der Waals surface area contributed by atoms with Crippen LogP contribution >= 0.6 is 11.8 Å². The second kappa shape index (κ2) is 10.5. The second-order valence-corrected chi connectivity index (χ2v) is 9.32. The zero-order valence-electron chi connectivity index (χ0n) is 17.7. The van der Waals surface area contributed by atoms with Crippen molar-refractivity contribution in [1.29, 1.82) is 0 Å². The molecule has 0 aliphatic carbocycles. The van der Waals surface area contributed by atoms with E-state index in [1.807, 2.05) is 18.8 Å². The number of hydrogen-bond acceptors (Lipinski definition) is 4. The summed E-state index contributed by atoms with van der Waals surface area (Å²) < 4.78 is 5.82. The number of nitrogens with zero attached hydrogens (tertiary/aromatic N) is 2. The third-order valence-electron chi connectivity index (χ3n) is 6.22. The molecule has 28 heavy (non-hydrogen) atoms. The van der Waals surface area contributed by atoms with E-state index < -0.39 is 0 Å². The maximum absolute atomic E-state index is 5.55. The standard InChI is InChI=1S/C22H36N4OS/c1-18-6-4-5-7-19(18)16-26-12-8-20(9-13-26)25-21(23-2)24-17-22(28-3)10-14-27-15-11-22/h4-7,20H,8-17H2,1-3H3,(H2,23,24,25). The Labute approximate surface area is 174 Å². The molecule has 0 saturated carbocycles. The van der Waals surface area contributed by atoms with Gasteiger partial charge in [0.25, 0.3) is 0 Å². The number of ether oxygens (including phenoxy) is 1. The van der Waals surface area contributed by atoms with Gasteiger partial charge in [0.05, 0.1) is 0 Å². The molecular weight excluding hydrogens is 368 g/mol. The number of thioether (sulfide) groups is 1. The van der Waals surface area contributed by atoms with Crippen LogP contribution in [0.1, 0.15) is 36.8 Å². The summed E-state index contributed by atoms with van der Waals surface area (Å²) >= 11 is 1.96. The summed E-state index contributed by atoms with van der Waals surface area (Å²) in [5.41, 5.74) is 2.84. The number of piperidine rings is 1. The SMILES string of the molecule is CN=C(NCC1(SC)CCOCC1)NC1CCN(Cc2ccccc2C)CC1. The number of aliphatic imine (C=N–C) groups is 1. The van der Waals surface area contributed by atoms with Crippen LogP contribution in [-0.4, -0.2) is 67.8 Å². The molecule has 0 unspecified atom stereocenters.